The van der Waals surface area contributed by atoms with E-state index >= 15 is 8.78 Å². The Kier molecular flexibility index (Phi) is 12.2. The Balaban J connectivity index is 0.000000286. The molecule has 0 radical (unpaired) electrons. The lowest BCUT2D eigenvalue weighted by molar-refractivity contribution is -0.134. The van der Waals surface area contributed by atoms with Gasteiger partial charge in [0.2, 0.25) is 23.5 Å². The molecule has 3 aromatic heterocycles. The fraction of sp³-hybridized carbons (Fsp3) is 0.395. The summed E-state index contributed by atoms with van der Waals surface area (Å²) in [5.74, 6) is -4.50. The van der Waals surface area contributed by atoms with Gasteiger partial charge in [0.1, 0.15) is 11.5 Å². The van der Waals surface area contributed by atoms with Gasteiger partial charge in [-0.2, -0.15) is 9.49 Å². The van der Waals surface area contributed by atoms with E-state index in [4.69, 9.17) is 0 Å². The molecule has 0 saturated carbocycles. The molecule has 304 valence electrons. The summed E-state index contributed by atoms with van der Waals surface area (Å²) in [4.78, 5) is 60.0. The van der Waals surface area contributed by atoms with Crippen LogP contribution in [-0.2, 0) is 20.9 Å². The number of amides is 4. The number of nitrogens with one attached hydrogen (secondary N) is 2. The first-order valence-corrected chi connectivity index (χ1v) is 19.8. The van der Waals surface area contributed by atoms with Crippen molar-refractivity contribution in [1.82, 2.24) is 34.9 Å². The smallest absolute Gasteiger partial charge is 0.269 e. The van der Waals surface area contributed by atoms with E-state index in [1.165, 1.54) is 23.6 Å². The van der Waals surface area contributed by atoms with Crippen molar-refractivity contribution < 1.29 is 32.3 Å². The summed E-state index contributed by atoms with van der Waals surface area (Å²) in [7, 11) is 3.28. The molecule has 8 rings (SSSR count). The topological polar surface area (TPSA) is 137 Å². The molecular formula is C43H47F3N8O4. The SMILES string of the molecule is CN(C)C(=O)c1cc2c(-c3ccc(C4CCN(c5ncc(C6CCC(=O)NC6=O)c(F)c5F)CC4)cc3)ccc(F)c2[nH]1.O=C(CCn1cccn1)N1CCCCC1. The molecule has 6 heterocycles. The molecule has 5 aromatic rings. The molecule has 15 heteroatoms. The van der Waals surface area contributed by atoms with Gasteiger partial charge in [0.15, 0.2) is 11.6 Å². The summed E-state index contributed by atoms with van der Waals surface area (Å²) in [6, 6.07) is 14.6. The Bertz CT molecular complexity index is 2280. The van der Waals surface area contributed by atoms with Crippen LogP contribution in [0.4, 0.5) is 19.0 Å². The van der Waals surface area contributed by atoms with Gasteiger partial charge >= 0.3 is 0 Å². The zero-order valence-corrected chi connectivity index (χ0v) is 32.6. The Morgan fingerprint density at radius 3 is 2.33 bits per heavy atom. The van der Waals surface area contributed by atoms with E-state index in [-0.39, 0.29) is 47.5 Å². The molecule has 0 aliphatic carbocycles. The number of H-pyrrole nitrogens is 1. The average molecular weight is 797 g/mol. The number of hydrogen-bond acceptors (Lipinski definition) is 7. The van der Waals surface area contributed by atoms with Crippen molar-refractivity contribution in [2.75, 3.05) is 45.2 Å². The maximum Gasteiger partial charge on any atom is 0.269 e. The molecule has 1 atom stereocenters. The highest BCUT2D eigenvalue weighted by Gasteiger charge is 2.33. The summed E-state index contributed by atoms with van der Waals surface area (Å²) >= 11 is 0. The minimum atomic E-state index is -1.10. The lowest BCUT2D eigenvalue weighted by Gasteiger charge is -2.33. The normalized spacial score (nSPS) is 17.5. The maximum absolute atomic E-state index is 15.1. The third-order valence-electron chi connectivity index (χ3n) is 11.3. The Labute approximate surface area is 334 Å². The molecule has 12 nitrogen and oxygen atoms in total. The molecule has 58 heavy (non-hydrogen) atoms. The third-order valence-corrected chi connectivity index (χ3v) is 11.3. The molecule has 0 spiro atoms. The molecule has 3 aliphatic rings. The Morgan fingerprint density at radius 1 is 0.914 bits per heavy atom. The number of carbonyl (C=O) groups excluding carboxylic acids is 4. The van der Waals surface area contributed by atoms with Crippen LogP contribution in [-0.4, -0.2) is 93.5 Å². The van der Waals surface area contributed by atoms with E-state index in [0.717, 1.165) is 42.6 Å². The van der Waals surface area contributed by atoms with Crippen molar-refractivity contribution in [2.45, 2.75) is 69.7 Å². The number of piperidine rings is 3. The van der Waals surface area contributed by atoms with Crippen molar-refractivity contribution in [3.63, 3.8) is 0 Å². The van der Waals surface area contributed by atoms with Gasteiger partial charge < -0.3 is 19.7 Å². The lowest BCUT2D eigenvalue weighted by Crippen LogP contribution is -2.40. The first kappa shape index (κ1) is 40.2. The Morgan fingerprint density at radius 2 is 1.66 bits per heavy atom. The monoisotopic (exact) mass is 796 g/mol. The number of aryl methyl sites for hydroxylation is 1. The van der Waals surface area contributed by atoms with E-state index in [1.54, 1.807) is 37.3 Å². The largest absolute Gasteiger partial charge is 0.354 e. The number of rotatable bonds is 8. The van der Waals surface area contributed by atoms with Crippen LogP contribution >= 0.6 is 0 Å². The first-order valence-electron chi connectivity index (χ1n) is 19.8. The molecule has 2 aromatic carbocycles. The number of anilines is 1. The van der Waals surface area contributed by atoms with Crippen molar-refractivity contribution in [2.24, 2.45) is 0 Å². The van der Waals surface area contributed by atoms with Crippen LogP contribution in [0.2, 0.25) is 0 Å². The van der Waals surface area contributed by atoms with Crippen LogP contribution < -0.4 is 10.2 Å². The average Bonchev–Trinajstić information content (AvgIpc) is 3.94. The van der Waals surface area contributed by atoms with Crippen LogP contribution in [0.25, 0.3) is 22.0 Å². The molecule has 2 N–H and O–H groups in total. The number of imide groups is 1. The van der Waals surface area contributed by atoms with Gasteiger partial charge in [-0.1, -0.05) is 30.3 Å². The molecule has 3 saturated heterocycles. The minimum Gasteiger partial charge on any atom is -0.354 e. The highest BCUT2D eigenvalue weighted by molar-refractivity contribution is 6.03. The number of fused-ring (bicyclic) bond motifs is 1. The summed E-state index contributed by atoms with van der Waals surface area (Å²) in [5.41, 5.74) is 3.24. The molecule has 3 aliphatic heterocycles. The molecule has 4 amide bonds. The van der Waals surface area contributed by atoms with E-state index < -0.39 is 35.2 Å². The van der Waals surface area contributed by atoms with E-state index in [0.29, 0.717) is 50.0 Å². The second-order valence-corrected chi connectivity index (χ2v) is 15.3. The number of aromatic amines is 1. The number of benzene rings is 2. The Hall–Kier alpha value is -5.99. The van der Waals surface area contributed by atoms with E-state index in [1.807, 2.05) is 46.1 Å². The van der Waals surface area contributed by atoms with Gasteiger partial charge in [-0.3, -0.25) is 29.2 Å². The van der Waals surface area contributed by atoms with Gasteiger partial charge in [-0.25, -0.2) is 13.8 Å². The molecular weight excluding hydrogens is 750 g/mol. The van der Waals surface area contributed by atoms with Crippen molar-refractivity contribution in [3.05, 3.63) is 101 Å². The highest BCUT2D eigenvalue weighted by Crippen LogP contribution is 2.36. The standard InChI is InChI=1S/C32H30F3N5O3.C11H17N3O/c1-39(2)32(43)25-15-22-20(7-9-24(33)29(22)37-25)19-5-3-17(4-6-19)18-11-13-40(14-12-18)30-28(35)27(34)23(16-36-30)21-8-10-26(41)38-31(21)42;15-11(13-7-2-1-3-8-13)5-10-14-9-4-6-12-14/h3-7,9,15-16,18,21,37H,8,10-14H2,1-2H3,(H,38,41,42);4,6,9H,1-3,5,7-8,10H2. The summed E-state index contributed by atoms with van der Waals surface area (Å²) in [6.07, 6.45) is 10.6. The van der Waals surface area contributed by atoms with Crippen molar-refractivity contribution in [3.8, 4) is 11.1 Å². The predicted octanol–water partition coefficient (Wildman–Crippen LogP) is 6.54. The summed E-state index contributed by atoms with van der Waals surface area (Å²) in [5, 5.41) is 6.87. The van der Waals surface area contributed by atoms with Crippen LogP contribution in [0.5, 0.6) is 0 Å². The minimum absolute atomic E-state index is 0.0623. The fourth-order valence-corrected chi connectivity index (χ4v) is 8.02. The van der Waals surface area contributed by atoms with Gasteiger partial charge in [-0.15, -0.1) is 0 Å². The second-order valence-electron chi connectivity index (χ2n) is 15.3. The predicted molar refractivity (Wildman–Crippen MR) is 212 cm³/mol. The highest BCUT2D eigenvalue weighted by atomic mass is 19.2. The molecule has 3 fully saturated rings. The van der Waals surface area contributed by atoms with Crippen LogP contribution in [0.3, 0.4) is 0 Å². The van der Waals surface area contributed by atoms with Gasteiger partial charge in [0, 0.05) is 89.2 Å². The number of aromatic nitrogens is 4. The maximum atomic E-state index is 15.1. The number of likely N-dealkylation sites (tertiary alicyclic amines) is 1. The second kappa shape index (κ2) is 17.7. The third kappa shape index (κ3) is 8.77. The van der Waals surface area contributed by atoms with E-state index in [9.17, 15) is 23.6 Å². The molecule has 1 unspecified atom stereocenters. The van der Waals surface area contributed by atoms with Crippen LogP contribution in [0.1, 0.15) is 84.8 Å². The zero-order valence-electron chi connectivity index (χ0n) is 32.6. The van der Waals surface area contributed by atoms with Crippen LogP contribution in [0.15, 0.2) is 67.1 Å². The van der Waals surface area contributed by atoms with Crippen molar-refractivity contribution >= 4 is 40.3 Å². The number of nitrogens with zero attached hydrogens (tertiary/aromatic N) is 6. The summed E-state index contributed by atoms with van der Waals surface area (Å²) in [6.45, 7) is 3.52. The summed E-state index contributed by atoms with van der Waals surface area (Å²) < 4.78 is 46.5. The van der Waals surface area contributed by atoms with Gasteiger partial charge in [0.05, 0.1) is 11.4 Å². The zero-order chi connectivity index (χ0) is 40.9. The van der Waals surface area contributed by atoms with Gasteiger partial charge in [0.25, 0.3) is 5.91 Å². The first-order chi connectivity index (χ1) is 28.0. The number of hydrogen-bond donors (Lipinski definition) is 2. The quantitative estimate of drug-likeness (QED) is 0.170. The molecule has 0 bridgehead atoms. The fourth-order valence-electron chi connectivity index (χ4n) is 8.02. The van der Waals surface area contributed by atoms with Crippen LogP contribution in [0, 0.1) is 17.5 Å². The number of halogens is 3. The van der Waals surface area contributed by atoms with E-state index in [2.05, 4.69) is 20.4 Å². The van der Waals surface area contributed by atoms with Crippen molar-refractivity contribution in [1.29, 1.82) is 0 Å². The lowest BCUT2D eigenvalue weighted by atomic mass is 9.88. The number of pyridine rings is 1. The number of carbonyl (C=O) groups is 4. The van der Waals surface area contributed by atoms with Gasteiger partial charge in [-0.05, 0) is 79.3 Å².